The summed E-state index contributed by atoms with van der Waals surface area (Å²) in [6, 6.07) is 6.59. The summed E-state index contributed by atoms with van der Waals surface area (Å²) in [7, 11) is 0. The number of amides is 1. The van der Waals surface area contributed by atoms with Crippen LogP contribution in [0.3, 0.4) is 0 Å². The van der Waals surface area contributed by atoms with Gasteiger partial charge in [0.05, 0.1) is 19.6 Å². The van der Waals surface area contributed by atoms with Crippen LogP contribution in [0.15, 0.2) is 24.3 Å². The second-order valence-corrected chi connectivity index (χ2v) is 3.96. The Hall–Kier alpha value is -1.89. The van der Waals surface area contributed by atoms with E-state index in [-0.39, 0.29) is 13.0 Å². The van der Waals surface area contributed by atoms with E-state index in [1.807, 2.05) is 5.32 Å². The van der Waals surface area contributed by atoms with Gasteiger partial charge in [-0.1, -0.05) is 0 Å². The number of anilines is 1. The third-order valence-corrected chi connectivity index (χ3v) is 2.25. The first kappa shape index (κ1) is 15.2. The van der Waals surface area contributed by atoms with Gasteiger partial charge in [0.25, 0.3) is 5.92 Å². The van der Waals surface area contributed by atoms with Gasteiger partial charge in [-0.15, -0.1) is 0 Å². The highest BCUT2D eigenvalue weighted by atomic mass is 19.3. The number of nitrogen functional groups attached to an aromatic ring is 1. The predicted octanol–water partition coefficient (Wildman–Crippen LogP) is 0.781. The quantitative estimate of drug-likeness (QED) is 0.641. The van der Waals surface area contributed by atoms with E-state index in [1.54, 1.807) is 24.3 Å². The lowest BCUT2D eigenvalue weighted by Gasteiger charge is -2.14. The molecule has 0 radical (unpaired) electrons. The molecule has 0 saturated heterocycles. The van der Waals surface area contributed by atoms with Crippen molar-refractivity contribution in [1.82, 2.24) is 5.32 Å². The summed E-state index contributed by atoms with van der Waals surface area (Å²) in [5.74, 6) is -3.32. The molecule has 4 N–H and O–H groups in total. The highest BCUT2D eigenvalue weighted by molar-refractivity contribution is 5.76. The van der Waals surface area contributed by atoms with Crippen molar-refractivity contribution in [3.63, 3.8) is 0 Å². The van der Waals surface area contributed by atoms with Crippen molar-refractivity contribution in [3.8, 4) is 5.75 Å². The molecule has 5 nitrogen and oxygen atoms in total. The monoisotopic (exact) mass is 274 g/mol. The summed E-state index contributed by atoms with van der Waals surface area (Å²) in [4.78, 5) is 11.2. The number of nitrogens with one attached hydrogen (secondary N) is 1. The van der Waals surface area contributed by atoms with E-state index < -0.39 is 25.0 Å². The molecule has 1 aromatic carbocycles. The minimum atomic E-state index is -3.30. The molecule has 0 heterocycles. The van der Waals surface area contributed by atoms with Gasteiger partial charge in [0, 0.05) is 5.69 Å². The number of carbonyl (C=O) groups is 1. The molecule has 19 heavy (non-hydrogen) atoms. The number of alkyl halides is 2. The smallest absolute Gasteiger partial charge is 0.287 e. The molecular formula is C12H16F2N2O3. The van der Waals surface area contributed by atoms with Crippen molar-refractivity contribution in [2.24, 2.45) is 0 Å². The van der Waals surface area contributed by atoms with Gasteiger partial charge in [-0.3, -0.25) is 4.79 Å². The number of aliphatic hydroxyl groups is 1. The molecule has 0 aliphatic carbocycles. The molecule has 0 saturated carbocycles. The third kappa shape index (κ3) is 6.01. The number of rotatable bonds is 7. The molecule has 106 valence electrons. The lowest BCUT2D eigenvalue weighted by molar-refractivity contribution is -0.124. The van der Waals surface area contributed by atoms with Crippen molar-refractivity contribution < 1.29 is 23.4 Å². The van der Waals surface area contributed by atoms with Crippen LogP contribution < -0.4 is 15.8 Å². The fourth-order valence-electron chi connectivity index (χ4n) is 1.20. The van der Waals surface area contributed by atoms with Crippen molar-refractivity contribution in [2.45, 2.75) is 12.3 Å². The molecule has 0 fully saturated rings. The third-order valence-electron chi connectivity index (χ3n) is 2.25. The van der Waals surface area contributed by atoms with Gasteiger partial charge in [-0.25, -0.2) is 8.78 Å². The lowest BCUT2D eigenvalue weighted by atomic mass is 10.3. The molecule has 0 bridgehead atoms. The molecule has 0 aliphatic heterocycles. The fourth-order valence-corrected chi connectivity index (χ4v) is 1.20. The summed E-state index contributed by atoms with van der Waals surface area (Å²) < 4.78 is 30.5. The van der Waals surface area contributed by atoms with Crippen LogP contribution in [0, 0.1) is 0 Å². The van der Waals surface area contributed by atoms with Crippen molar-refractivity contribution >= 4 is 11.6 Å². The van der Waals surface area contributed by atoms with Crippen LogP contribution in [0.1, 0.15) is 6.42 Å². The summed E-state index contributed by atoms with van der Waals surface area (Å²) in [6.07, 6.45) is -0.0497. The maximum atomic E-state index is 12.6. The van der Waals surface area contributed by atoms with E-state index in [4.69, 9.17) is 15.6 Å². The van der Waals surface area contributed by atoms with E-state index in [2.05, 4.69) is 0 Å². The fraction of sp³-hybridized carbons (Fsp3) is 0.417. The minimum absolute atomic E-state index is 0.0497. The maximum Gasteiger partial charge on any atom is 0.287 e. The van der Waals surface area contributed by atoms with Gasteiger partial charge in [0.15, 0.2) is 0 Å². The standard InChI is InChI=1S/C12H16F2N2O3/c13-12(14,8-17)7-16-11(18)5-6-19-10-3-1-9(15)2-4-10/h1-4,17H,5-8,15H2,(H,16,18). The highest BCUT2D eigenvalue weighted by Gasteiger charge is 2.27. The van der Waals surface area contributed by atoms with Crippen LogP contribution in [0.25, 0.3) is 0 Å². The second-order valence-electron chi connectivity index (χ2n) is 3.96. The number of hydrogen-bond acceptors (Lipinski definition) is 4. The van der Waals surface area contributed by atoms with Crippen molar-refractivity contribution in [3.05, 3.63) is 24.3 Å². The van der Waals surface area contributed by atoms with Gasteiger partial charge < -0.3 is 20.9 Å². The van der Waals surface area contributed by atoms with Gasteiger partial charge in [0.2, 0.25) is 5.91 Å². The second kappa shape index (κ2) is 6.89. The molecule has 0 atom stereocenters. The van der Waals surface area contributed by atoms with E-state index >= 15 is 0 Å². The number of carbonyl (C=O) groups excluding carboxylic acids is 1. The lowest BCUT2D eigenvalue weighted by Crippen LogP contribution is -2.39. The van der Waals surface area contributed by atoms with Crippen LogP contribution in [0.4, 0.5) is 14.5 Å². The first-order valence-corrected chi connectivity index (χ1v) is 5.67. The zero-order valence-electron chi connectivity index (χ0n) is 10.2. The number of nitrogens with two attached hydrogens (primary N) is 1. The number of hydrogen-bond donors (Lipinski definition) is 3. The Morgan fingerprint density at radius 2 is 2.00 bits per heavy atom. The minimum Gasteiger partial charge on any atom is -0.493 e. The molecule has 1 amide bonds. The van der Waals surface area contributed by atoms with E-state index in [0.29, 0.717) is 11.4 Å². The first-order chi connectivity index (χ1) is 8.93. The highest BCUT2D eigenvalue weighted by Crippen LogP contribution is 2.13. The first-order valence-electron chi connectivity index (χ1n) is 5.67. The Bertz CT molecular complexity index is 410. The zero-order valence-corrected chi connectivity index (χ0v) is 10.2. The molecular weight excluding hydrogens is 258 g/mol. The normalized spacial score (nSPS) is 11.1. The average Bonchev–Trinajstić information content (AvgIpc) is 2.39. The Morgan fingerprint density at radius 1 is 1.37 bits per heavy atom. The molecule has 1 aromatic rings. The predicted molar refractivity (Wildman–Crippen MR) is 66.0 cm³/mol. The number of ether oxygens (including phenoxy) is 1. The van der Waals surface area contributed by atoms with Gasteiger partial charge >= 0.3 is 0 Å². The van der Waals surface area contributed by atoms with Gasteiger partial charge in [0.1, 0.15) is 12.4 Å². The topological polar surface area (TPSA) is 84.6 Å². The Labute approximate surface area is 109 Å². The van der Waals surface area contributed by atoms with Gasteiger partial charge in [-0.05, 0) is 24.3 Å². The molecule has 0 spiro atoms. The molecule has 0 aliphatic rings. The number of halogens is 2. The summed E-state index contributed by atoms with van der Waals surface area (Å²) in [6.45, 7) is -2.11. The molecule has 1 rings (SSSR count). The van der Waals surface area contributed by atoms with E-state index in [9.17, 15) is 13.6 Å². The number of aliphatic hydroxyl groups excluding tert-OH is 1. The van der Waals surface area contributed by atoms with Gasteiger partial charge in [-0.2, -0.15) is 0 Å². The van der Waals surface area contributed by atoms with Crippen LogP contribution in [-0.2, 0) is 4.79 Å². The Morgan fingerprint density at radius 3 is 2.58 bits per heavy atom. The summed E-state index contributed by atoms with van der Waals surface area (Å²) in [5.41, 5.74) is 6.08. The van der Waals surface area contributed by atoms with Crippen molar-refractivity contribution in [1.29, 1.82) is 0 Å². The molecule has 0 unspecified atom stereocenters. The van der Waals surface area contributed by atoms with Crippen molar-refractivity contribution in [2.75, 3.05) is 25.5 Å². The maximum absolute atomic E-state index is 12.6. The van der Waals surface area contributed by atoms with Crippen LogP contribution in [0.5, 0.6) is 5.75 Å². The zero-order chi connectivity index (χ0) is 14.3. The SMILES string of the molecule is Nc1ccc(OCCC(=O)NCC(F)(F)CO)cc1. The number of benzene rings is 1. The summed E-state index contributed by atoms with van der Waals surface area (Å²) in [5, 5.41) is 10.3. The van der Waals surface area contributed by atoms with E-state index in [0.717, 1.165) is 0 Å². The average molecular weight is 274 g/mol. The Kier molecular flexibility index (Phi) is 5.50. The summed E-state index contributed by atoms with van der Waals surface area (Å²) >= 11 is 0. The Balaban J connectivity index is 2.22. The largest absolute Gasteiger partial charge is 0.493 e. The van der Waals surface area contributed by atoms with Crippen LogP contribution in [-0.4, -0.2) is 36.7 Å². The van der Waals surface area contributed by atoms with E-state index in [1.165, 1.54) is 0 Å². The van der Waals surface area contributed by atoms with Crippen LogP contribution in [0.2, 0.25) is 0 Å². The molecule has 0 aromatic heterocycles. The van der Waals surface area contributed by atoms with Crippen LogP contribution >= 0.6 is 0 Å². The molecule has 7 heteroatoms.